The first kappa shape index (κ1) is 12.0. The third-order valence-electron chi connectivity index (χ3n) is 3.22. The van der Waals surface area contributed by atoms with Crippen LogP contribution >= 0.6 is 0 Å². The van der Waals surface area contributed by atoms with Gasteiger partial charge in [0.25, 0.3) is 0 Å². The van der Waals surface area contributed by atoms with Gasteiger partial charge in [-0.05, 0) is 0 Å². The molecule has 1 aliphatic rings. The van der Waals surface area contributed by atoms with Gasteiger partial charge in [0.15, 0.2) is 23.9 Å². The molecule has 0 spiro atoms. The molecule has 4 nitrogen and oxygen atoms in total. The number of aromatic nitrogens is 2. The van der Waals surface area contributed by atoms with E-state index in [1.54, 1.807) is 0 Å². The normalized spacial score (nSPS) is 14.0. The summed E-state index contributed by atoms with van der Waals surface area (Å²) in [4.78, 5) is 0. The van der Waals surface area contributed by atoms with Crippen molar-refractivity contribution in [3.8, 4) is 22.6 Å². The summed E-state index contributed by atoms with van der Waals surface area (Å²) in [6.45, 7) is 1.36. The predicted molar refractivity (Wildman–Crippen MR) is 69.8 cm³/mol. The first-order chi connectivity index (χ1) is 9.24. The Labute approximate surface area is 112 Å². The topological polar surface area (TPSA) is 26.2 Å². The summed E-state index contributed by atoms with van der Waals surface area (Å²) in [5, 5.41) is 0. The summed E-state index contributed by atoms with van der Waals surface area (Å²) >= 11 is 0. The van der Waals surface area contributed by atoms with Gasteiger partial charge in [0.05, 0.1) is 13.2 Å². The summed E-state index contributed by atoms with van der Waals surface area (Å²) in [7, 11) is 4.00. The van der Waals surface area contributed by atoms with Crippen molar-refractivity contribution in [2.75, 3.05) is 13.2 Å². The van der Waals surface area contributed by atoms with E-state index in [1.165, 1.54) is 0 Å². The maximum absolute atomic E-state index is 5.87. The van der Waals surface area contributed by atoms with Crippen LogP contribution in [0.4, 0.5) is 0 Å². The van der Waals surface area contributed by atoms with Crippen molar-refractivity contribution in [3.05, 3.63) is 36.9 Å². The zero-order chi connectivity index (χ0) is 13.2. The number of hydrogen-bond donors (Lipinski definition) is 0. The standard InChI is InChI=1S/C15H18N2O2/c1-16-6-4-12-13-5-7-17(2)11-15(13)19-9-3-8-18-14(12)10-16/h4-7,10-11H,3,8-9H2,1-2H3/q+2. The second-order valence-electron chi connectivity index (χ2n) is 4.83. The molecule has 19 heavy (non-hydrogen) atoms. The van der Waals surface area contributed by atoms with Gasteiger partial charge in [0.1, 0.15) is 14.1 Å². The highest BCUT2D eigenvalue weighted by molar-refractivity contribution is 5.74. The molecule has 0 fully saturated rings. The van der Waals surface area contributed by atoms with Gasteiger partial charge >= 0.3 is 0 Å². The van der Waals surface area contributed by atoms with Crippen LogP contribution in [0.1, 0.15) is 6.42 Å². The Morgan fingerprint density at radius 3 is 1.79 bits per heavy atom. The maximum atomic E-state index is 5.87. The van der Waals surface area contributed by atoms with Crippen LogP contribution in [0.5, 0.6) is 11.5 Å². The van der Waals surface area contributed by atoms with E-state index in [0.29, 0.717) is 13.2 Å². The molecule has 2 aromatic rings. The van der Waals surface area contributed by atoms with Gasteiger partial charge in [0, 0.05) is 29.7 Å². The third kappa shape index (κ3) is 2.38. The zero-order valence-electron chi connectivity index (χ0n) is 11.3. The van der Waals surface area contributed by atoms with Crippen LogP contribution in [0.3, 0.4) is 0 Å². The molecule has 0 bridgehead atoms. The number of hydrogen-bond acceptors (Lipinski definition) is 2. The van der Waals surface area contributed by atoms with E-state index in [1.807, 2.05) is 48.0 Å². The van der Waals surface area contributed by atoms with Gasteiger partial charge in [-0.25, -0.2) is 9.13 Å². The Hall–Kier alpha value is -2.10. The van der Waals surface area contributed by atoms with Crippen LogP contribution in [0.15, 0.2) is 36.9 Å². The minimum atomic E-state index is 0.678. The summed E-state index contributed by atoms with van der Waals surface area (Å²) in [5.41, 5.74) is 2.16. The molecule has 1 aliphatic heterocycles. The molecule has 0 saturated heterocycles. The molecule has 3 heterocycles. The van der Waals surface area contributed by atoms with Crippen LogP contribution in [0.25, 0.3) is 11.1 Å². The Bertz CT molecular complexity index is 558. The Balaban J connectivity index is 2.19. The van der Waals surface area contributed by atoms with E-state index in [-0.39, 0.29) is 0 Å². The lowest BCUT2D eigenvalue weighted by Gasteiger charge is -2.09. The largest absolute Gasteiger partial charge is 0.487 e. The summed E-state index contributed by atoms with van der Waals surface area (Å²) in [6, 6.07) is 4.14. The molecule has 3 rings (SSSR count). The van der Waals surface area contributed by atoms with Crippen molar-refractivity contribution in [2.24, 2.45) is 14.1 Å². The maximum Gasteiger partial charge on any atom is 0.211 e. The lowest BCUT2D eigenvalue weighted by molar-refractivity contribution is -0.672. The van der Waals surface area contributed by atoms with Gasteiger partial charge in [-0.15, -0.1) is 0 Å². The van der Waals surface area contributed by atoms with Crippen LogP contribution in [-0.4, -0.2) is 13.2 Å². The predicted octanol–water partition coefficient (Wildman–Crippen LogP) is 1.16. The number of aryl methyl sites for hydroxylation is 2. The third-order valence-corrected chi connectivity index (χ3v) is 3.22. The zero-order valence-corrected chi connectivity index (χ0v) is 11.3. The number of pyridine rings is 2. The highest BCUT2D eigenvalue weighted by Crippen LogP contribution is 2.35. The van der Waals surface area contributed by atoms with Crippen molar-refractivity contribution in [2.45, 2.75) is 6.42 Å². The Kier molecular flexibility index (Phi) is 3.07. The number of fused-ring (bicyclic) bond motifs is 3. The molecule has 0 saturated carbocycles. The number of ether oxygens (including phenoxy) is 2. The number of rotatable bonds is 0. The molecule has 0 N–H and O–H groups in total. The average molecular weight is 258 g/mol. The Morgan fingerprint density at radius 2 is 1.32 bits per heavy atom. The fourth-order valence-corrected chi connectivity index (χ4v) is 2.24. The molecule has 0 aromatic carbocycles. The molecular weight excluding hydrogens is 240 g/mol. The van der Waals surface area contributed by atoms with E-state index in [9.17, 15) is 0 Å². The lowest BCUT2D eigenvalue weighted by atomic mass is 10.1. The fraction of sp³-hybridized carbons (Fsp3) is 0.333. The van der Waals surface area contributed by atoms with E-state index < -0.39 is 0 Å². The van der Waals surface area contributed by atoms with Crippen molar-refractivity contribution < 1.29 is 18.6 Å². The molecule has 0 atom stereocenters. The molecule has 0 radical (unpaired) electrons. The van der Waals surface area contributed by atoms with Crippen LogP contribution in [-0.2, 0) is 14.1 Å². The summed E-state index contributed by atoms with van der Waals surface area (Å²) in [5.74, 6) is 1.82. The minimum absolute atomic E-state index is 0.678. The van der Waals surface area contributed by atoms with Gasteiger partial charge in [-0.1, -0.05) is 0 Å². The van der Waals surface area contributed by atoms with Gasteiger partial charge in [-0.3, -0.25) is 0 Å². The van der Waals surface area contributed by atoms with Crippen molar-refractivity contribution in [3.63, 3.8) is 0 Å². The highest BCUT2D eigenvalue weighted by Gasteiger charge is 2.19. The summed E-state index contributed by atoms with van der Waals surface area (Å²) < 4.78 is 15.7. The quantitative estimate of drug-likeness (QED) is 0.663. The molecule has 0 amide bonds. The second kappa shape index (κ2) is 4.88. The van der Waals surface area contributed by atoms with Crippen molar-refractivity contribution in [1.82, 2.24) is 0 Å². The van der Waals surface area contributed by atoms with Crippen molar-refractivity contribution >= 4 is 0 Å². The van der Waals surface area contributed by atoms with Crippen molar-refractivity contribution in [1.29, 1.82) is 0 Å². The highest BCUT2D eigenvalue weighted by atomic mass is 16.5. The molecule has 2 aromatic heterocycles. The van der Waals surface area contributed by atoms with Crippen LogP contribution < -0.4 is 18.6 Å². The number of nitrogens with zero attached hydrogens (tertiary/aromatic N) is 2. The van der Waals surface area contributed by atoms with Crippen LogP contribution in [0.2, 0.25) is 0 Å². The molecule has 0 aliphatic carbocycles. The Morgan fingerprint density at radius 1 is 0.842 bits per heavy atom. The average Bonchev–Trinajstić information content (AvgIpc) is 2.47. The molecule has 0 unspecified atom stereocenters. The van der Waals surface area contributed by atoms with E-state index in [2.05, 4.69) is 12.1 Å². The van der Waals surface area contributed by atoms with Crippen LogP contribution in [0, 0.1) is 0 Å². The SMILES string of the molecule is C[n+]1ccc2c(c1)OCCCOc1c[n+](C)ccc1-2. The van der Waals surface area contributed by atoms with E-state index in [0.717, 1.165) is 29.0 Å². The first-order valence-corrected chi connectivity index (χ1v) is 6.48. The van der Waals surface area contributed by atoms with Gasteiger partial charge < -0.3 is 9.47 Å². The van der Waals surface area contributed by atoms with E-state index in [4.69, 9.17) is 9.47 Å². The van der Waals surface area contributed by atoms with E-state index >= 15 is 0 Å². The molecule has 98 valence electrons. The molecular formula is C15H18N2O2+2. The van der Waals surface area contributed by atoms with Gasteiger partial charge in [-0.2, -0.15) is 0 Å². The monoisotopic (exact) mass is 258 g/mol. The second-order valence-corrected chi connectivity index (χ2v) is 4.83. The smallest absolute Gasteiger partial charge is 0.211 e. The lowest BCUT2D eigenvalue weighted by Crippen LogP contribution is -2.27. The molecule has 4 heteroatoms. The van der Waals surface area contributed by atoms with Gasteiger partial charge in [0.2, 0.25) is 12.4 Å². The minimum Gasteiger partial charge on any atom is -0.487 e. The first-order valence-electron chi connectivity index (χ1n) is 6.48. The summed E-state index contributed by atoms with van der Waals surface area (Å²) in [6.07, 6.45) is 8.96. The fourth-order valence-electron chi connectivity index (χ4n) is 2.24.